The molecule has 0 bridgehead atoms. The van der Waals surface area contributed by atoms with E-state index in [1.54, 1.807) is 24.3 Å². The smallest absolute Gasteiger partial charge is 0.329 e. The van der Waals surface area contributed by atoms with Crippen LogP contribution in [0.15, 0.2) is 59.8 Å². The molecule has 2 N–H and O–H groups in total. The predicted octanol–water partition coefficient (Wildman–Crippen LogP) is 3.85. The number of amides is 1. The minimum atomic E-state index is -4.68. The molecule has 0 saturated heterocycles. The van der Waals surface area contributed by atoms with Crippen LogP contribution in [0.5, 0.6) is 0 Å². The lowest BCUT2D eigenvalue weighted by Gasteiger charge is -2.11. The molecule has 0 aliphatic heterocycles. The molecule has 4 aromatic rings. The molecule has 7 nitrogen and oxygen atoms in total. The van der Waals surface area contributed by atoms with Gasteiger partial charge in [-0.25, -0.2) is 9.07 Å². The van der Waals surface area contributed by atoms with Crippen molar-refractivity contribution in [3.8, 4) is 5.69 Å². The van der Waals surface area contributed by atoms with E-state index in [1.165, 1.54) is 16.9 Å². The van der Waals surface area contributed by atoms with Crippen molar-refractivity contribution >= 4 is 22.4 Å². The number of aromatic nitrogens is 4. The van der Waals surface area contributed by atoms with E-state index in [9.17, 15) is 27.2 Å². The Labute approximate surface area is 171 Å². The Balaban J connectivity index is 1.72. The molecule has 1 amide bonds. The van der Waals surface area contributed by atoms with Crippen LogP contribution in [-0.2, 0) is 12.9 Å². The summed E-state index contributed by atoms with van der Waals surface area (Å²) in [6.45, 7) is -1.08. The van der Waals surface area contributed by atoms with Crippen molar-refractivity contribution in [2.45, 2.75) is 12.9 Å². The minimum Gasteiger partial charge on any atom is -0.329 e. The molecule has 3 aromatic heterocycles. The number of nitrogens with one attached hydrogen (secondary N) is 2. The number of fused-ring (bicyclic) bond motifs is 1. The summed E-state index contributed by atoms with van der Waals surface area (Å²) in [4.78, 5) is 30.4. The Morgan fingerprint density at radius 3 is 2.71 bits per heavy atom. The third kappa shape index (κ3) is 3.77. The third-order valence-corrected chi connectivity index (χ3v) is 4.57. The summed E-state index contributed by atoms with van der Waals surface area (Å²) in [6.07, 6.45) is -1.22. The number of H-pyrrole nitrogens is 1. The summed E-state index contributed by atoms with van der Waals surface area (Å²) in [5, 5.41) is 7.21. The molecule has 0 radical (unpaired) electrons. The number of hydrogen-bond donors (Lipinski definition) is 2. The van der Waals surface area contributed by atoms with E-state index >= 15 is 0 Å². The summed E-state index contributed by atoms with van der Waals surface area (Å²) in [6, 6.07) is 8.26. The number of rotatable bonds is 4. The van der Waals surface area contributed by atoms with Gasteiger partial charge in [-0.1, -0.05) is 6.07 Å². The van der Waals surface area contributed by atoms with Gasteiger partial charge in [0, 0.05) is 28.9 Å². The Morgan fingerprint density at radius 1 is 1.16 bits per heavy atom. The van der Waals surface area contributed by atoms with Crippen LogP contribution in [-0.4, -0.2) is 25.7 Å². The van der Waals surface area contributed by atoms with Gasteiger partial charge in [0.15, 0.2) is 0 Å². The molecule has 0 saturated carbocycles. The minimum absolute atomic E-state index is 0.115. The lowest BCUT2D eigenvalue weighted by molar-refractivity contribution is -0.141. The Morgan fingerprint density at radius 2 is 1.97 bits per heavy atom. The Bertz CT molecular complexity index is 1340. The lowest BCUT2D eigenvalue weighted by Crippen LogP contribution is -2.16. The Hall–Kier alpha value is -4.02. The average molecular weight is 431 g/mol. The molecular formula is C20H13F4N5O2. The molecule has 0 aliphatic carbocycles. The van der Waals surface area contributed by atoms with E-state index in [0.29, 0.717) is 22.5 Å². The Kier molecular flexibility index (Phi) is 5.01. The van der Waals surface area contributed by atoms with Crippen molar-refractivity contribution in [2.75, 3.05) is 5.32 Å². The largest absolute Gasteiger partial charge is 0.433 e. The standard InChI is InChI=1S/C20H13F4N5O2/c21-9-16-14(19(31)28-11-4-6-25-17(8-11)20(22,23)24)10-27-29(16)15-3-1-2-13-12(15)5-7-26-18(13)30/h1-8,10H,9H2,(H,26,30)(H,25,28,31). The van der Waals surface area contributed by atoms with E-state index in [2.05, 4.69) is 20.4 Å². The van der Waals surface area contributed by atoms with Crippen LogP contribution in [0.1, 0.15) is 21.7 Å². The van der Waals surface area contributed by atoms with Crippen LogP contribution in [0.25, 0.3) is 16.5 Å². The normalized spacial score (nSPS) is 11.6. The second kappa shape index (κ2) is 7.67. The van der Waals surface area contributed by atoms with Crippen molar-refractivity contribution in [3.63, 3.8) is 0 Å². The number of nitrogens with zero attached hydrogens (tertiary/aromatic N) is 3. The van der Waals surface area contributed by atoms with Crippen molar-refractivity contribution in [2.24, 2.45) is 0 Å². The first-order valence-electron chi connectivity index (χ1n) is 8.88. The molecule has 0 fully saturated rings. The van der Waals surface area contributed by atoms with Crippen molar-refractivity contribution in [3.05, 3.63) is 82.3 Å². The van der Waals surface area contributed by atoms with Gasteiger partial charge in [-0.15, -0.1) is 0 Å². The molecule has 11 heteroatoms. The molecule has 31 heavy (non-hydrogen) atoms. The van der Waals surface area contributed by atoms with Gasteiger partial charge in [0.1, 0.15) is 12.4 Å². The van der Waals surface area contributed by atoms with Gasteiger partial charge in [0.05, 0.1) is 23.1 Å². The van der Waals surface area contributed by atoms with Crippen molar-refractivity contribution in [1.29, 1.82) is 0 Å². The predicted molar refractivity (Wildman–Crippen MR) is 104 cm³/mol. The van der Waals surface area contributed by atoms with Crippen molar-refractivity contribution in [1.82, 2.24) is 19.7 Å². The van der Waals surface area contributed by atoms with E-state index in [0.717, 1.165) is 12.4 Å². The molecule has 0 spiro atoms. The lowest BCUT2D eigenvalue weighted by atomic mass is 10.1. The van der Waals surface area contributed by atoms with Crippen LogP contribution < -0.4 is 10.9 Å². The van der Waals surface area contributed by atoms with E-state index in [1.807, 2.05) is 0 Å². The second-order valence-electron chi connectivity index (χ2n) is 6.48. The first-order chi connectivity index (χ1) is 14.8. The van der Waals surface area contributed by atoms with E-state index in [4.69, 9.17) is 0 Å². The van der Waals surface area contributed by atoms with E-state index in [-0.39, 0.29) is 22.5 Å². The van der Waals surface area contributed by atoms with E-state index < -0.39 is 24.5 Å². The number of aromatic amines is 1. The summed E-state index contributed by atoms with van der Waals surface area (Å²) < 4.78 is 53.6. The number of carbonyl (C=O) groups is 1. The quantitative estimate of drug-likeness (QED) is 0.480. The fourth-order valence-corrected chi connectivity index (χ4v) is 3.15. The summed E-state index contributed by atoms with van der Waals surface area (Å²) in [7, 11) is 0. The van der Waals surface area contributed by atoms with Crippen LogP contribution in [0, 0.1) is 0 Å². The number of halogens is 4. The number of alkyl halides is 4. The topological polar surface area (TPSA) is 92.7 Å². The molecule has 1 aromatic carbocycles. The highest BCUT2D eigenvalue weighted by Crippen LogP contribution is 2.29. The number of carbonyl (C=O) groups excluding carboxylic acids is 1. The molecule has 158 valence electrons. The van der Waals surface area contributed by atoms with Crippen LogP contribution in [0.3, 0.4) is 0 Å². The van der Waals surface area contributed by atoms with Gasteiger partial charge in [-0.3, -0.25) is 14.6 Å². The van der Waals surface area contributed by atoms with Crippen molar-refractivity contribution < 1.29 is 22.4 Å². The zero-order chi connectivity index (χ0) is 22.2. The van der Waals surface area contributed by atoms with Crippen LogP contribution >= 0.6 is 0 Å². The molecular weight excluding hydrogens is 418 g/mol. The zero-order valence-electron chi connectivity index (χ0n) is 15.6. The molecule has 4 rings (SSSR count). The highest BCUT2D eigenvalue weighted by atomic mass is 19.4. The SMILES string of the molecule is O=C(Nc1ccnc(C(F)(F)F)c1)c1cnn(-c2cccc3c(=O)[nH]ccc23)c1CF. The highest BCUT2D eigenvalue weighted by molar-refractivity contribution is 6.05. The summed E-state index contributed by atoms with van der Waals surface area (Å²) >= 11 is 0. The molecule has 0 atom stereocenters. The average Bonchev–Trinajstić information content (AvgIpc) is 3.17. The van der Waals surface area contributed by atoms with Gasteiger partial charge in [-0.05, 0) is 30.3 Å². The van der Waals surface area contributed by atoms with Gasteiger partial charge in [0.2, 0.25) is 0 Å². The fraction of sp³-hybridized carbons (Fsp3) is 0.100. The molecule has 0 unspecified atom stereocenters. The maximum atomic E-state index is 13.9. The highest BCUT2D eigenvalue weighted by Gasteiger charge is 2.32. The monoisotopic (exact) mass is 431 g/mol. The molecule has 0 aliphatic rings. The number of benzene rings is 1. The first-order valence-corrected chi connectivity index (χ1v) is 8.88. The van der Waals surface area contributed by atoms with Gasteiger partial charge < -0.3 is 10.3 Å². The maximum absolute atomic E-state index is 13.9. The summed E-state index contributed by atoms with van der Waals surface area (Å²) in [5.41, 5.74) is -1.57. The number of hydrogen-bond acceptors (Lipinski definition) is 4. The van der Waals surface area contributed by atoms with Gasteiger partial charge >= 0.3 is 6.18 Å². The first kappa shape index (κ1) is 20.3. The maximum Gasteiger partial charge on any atom is 0.433 e. The second-order valence-corrected chi connectivity index (χ2v) is 6.48. The number of pyridine rings is 2. The third-order valence-electron chi connectivity index (χ3n) is 4.57. The molecule has 3 heterocycles. The van der Waals surface area contributed by atoms with Gasteiger partial charge in [-0.2, -0.15) is 18.3 Å². The fourth-order valence-electron chi connectivity index (χ4n) is 3.15. The van der Waals surface area contributed by atoms with Crippen LogP contribution in [0.4, 0.5) is 23.2 Å². The number of anilines is 1. The van der Waals surface area contributed by atoms with Gasteiger partial charge in [0.25, 0.3) is 11.5 Å². The summed E-state index contributed by atoms with van der Waals surface area (Å²) in [5.74, 6) is -0.837. The zero-order valence-corrected chi connectivity index (χ0v) is 15.6. The van der Waals surface area contributed by atoms with Crippen LogP contribution in [0.2, 0.25) is 0 Å².